The average molecular weight is 423 g/mol. The Morgan fingerprint density at radius 2 is 1.90 bits per heavy atom. The third-order valence-electron chi connectivity index (χ3n) is 6.43. The molecule has 2 aliphatic rings. The average Bonchev–Trinajstić information content (AvgIpc) is 2.67. The van der Waals surface area contributed by atoms with Crippen molar-refractivity contribution in [3.63, 3.8) is 0 Å². The first-order valence-corrected chi connectivity index (χ1v) is 10.9. The molecule has 1 aliphatic heterocycles. The first-order valence-electron chi connectivity index (χ1n) is 10.9. The van der Waals surface area contributed by atoms with Crippen molar-refractivity contribution in [1.29, 1.82) is 0 Å². The summed E-state index contributed by atoms with van der Waals surface area (Å²) in [5.74, 6) is 1.39. The van der Waals surface area contributed by atoms with E-state index in [-0.39, 0.29) is 6.42 Å². The van der Waals surface area contributed by atoms with Gasteiger partial charge in [-0.25, -0.2) is 9.98 Å². The van der Waals surface area contributed by atoms with Crippen LogP contribution in [0.25, 0.3) is 0 Å². The number of carbonyl (C=O) groups is 1. The predicted octanol–water partition coefficient (Wildman–Crippen LogP) is 4.72. The Balaban J connectivity index is 1.60. The molecule has 31 heavy (non-hydrogen) atoms. The molecule has 1 aromatic heterocycles. The minimum atomic E-state index is -0.690. The smallest absolute Gasteiger partial charge is 0.303 e. The number of hydrogen-bond acceptors (Lipinski definition) is 6. The Kier molecular flexibility index (Phi) is 5.45. The predicted molar refractivity (Wildman–Crippen MR) is 120 cm³/mol. The van der Waals surface area contributed by atoms with Crippen LogP contribution in [-0.2, 0) is 4.79 Å². The van der Waals surface area contributed by atoms with Crippen LogP contribution in [0.4, 0.5) is 11.5 Å². The van der Waals surface area contributed by atoms with Gasteiger partial charge in [0.15, 0.2) is 11.5 Å². The van der Waals surface area contributed by atoms with E-state index in [9.17, 15) is 4.79 Å². The molecule has 0 unspecified atom stereocenters. The van der Waals surface area contributed by atoms with Gasteiger partial charge in [-0.15, -0.1) is 0 Å². The number of ether oxygens (including phenoxy) is 1. The van der Waals surface area contributed by atoms with Crippen molar-refractivity contribution in [1.82, 2.24) is 9.97 Å². The fourth-order valence-electron chi connectivity index (χ4n) is 4.89. The van der Waals surface area contributed by atoms with Crippen LogP contribution >= 0.6 is 0 Å². The molecule has 0 spiro atoms. The van der Waals surface area contributed by atoms with Gasteiger partial charge in [0.05, 0.1) is 5.71 Å². The SMILES string of the molecule is Cc1nc(N)c2c(n1)OC(C)(C)C(c1ccc([C@H]3CC[C@H](CC(=O)O)CC3)c(C)c1)=N2. The molecule has 0 saturated heterocycles. The van der Waals surface area contributed by atoms with Gasteiger partial charge < -0.3 is 15.6 Å². The molecule has 0 bridgehead atoms. The number of nitrogens with two attached hydrogens (primary N) is 1. The maximum atomic E-state index is 11.0. The molecule has 1 saturated carbocycles. The van der Waals surface area contributed by atoms with Crippen LogP contribution in [0.1, 0.15) is 74.4 Å². The van der Waals surface area contributed by atoms with Gasteiger partial charge in [0.25, 0.3) is 0 Å². The standard InChI is InChI=1S/C24H30N4O3/c1-13-11-17(9-10-18(13)16-7-5-15(6-8-16)12-19(29)30)21-24(3,4)31-23-20(28-21)22(25)26-14(2)27-23/h9-11,15-16H,5-8,12H2,1-4H3,(H,29,30)(H2,25,26,27)/t15-,16-. The summed E-state index contributed by atoms with van der Waals surface area (Å²) in [4.78, 5) is 24.4. The van der Waals surface area contributed by atoms with Crippen LogP contribution < -0.4 is 10.5 Å². The Morgan fingerprint density at radius 3 is 2.55 bits per heavy atom. The third-order valence-corrected chi connectivity index (χ3v) is 6.43. The Morgan fingerprint density at radius 1 is 1.19 bits per heavy atom. The van der Waals surface area contributed by atoms with Crippen molar-refractivity contribution in [2.24, 2.45) is 10.9 Å². The largest absolute Gasteiger partial charge is 0.481 e. The summed E-state index contributed by atoms with van der Waals surface area (Å²) in [6.45, 7) is 7.88. The van der Waals surface area contributed by atoms with E-state index in [1.807, 2.05) is 13.8 Å². The Hall–Kier alpha value is -2.96. The number of nitrogen functional groups attached to an aromatic ring is 1. The first kappa shape index (κ1) is 21.3. The fourth-order valence-corrected chi connectivity index (χ4v) is 4.89. The van der Waals surface area contributed by atoms with Crippen LogP contribution in [0.2, 0.25) is 0 Å². The molecule has 3 N–H and O–H groups in total. The number of fused-ring (bicyclic) bond motifs is 1. The zero-order valence-corrected chi connectivity index (χ0v) is 18.6. The number of anilines is 1. The van der Waals surface area contributed by atoms with Crippen molar-refractivity contribution in [2.75, 3.05) is 5.73 Å². The molecule has 7 nitrogen and oxygen atoms in total. The molecule has 0 radical (unpaired) electrons. The van der Waals surface area contributed by atoms with Crippen molar-refractivity contribution in [3.8, 4) is 5.88 Å². The van der Waals surface area contributed by atoms with Crippen molar-refractivity contribution in [3.05, 3.63) is 40.7 Å². The molecule has 1 fully saturated rings. The number of aliphatic carboxylic acids is 1. The third kappa shape index (κ3) is 4.27. The van der Waals surface area contributed by atoms with E-state index >= 15 is 0 Å². The Bertz CT molecular complexity index is 1050. The van der Waals surface area contributed by atoms with E-state index < -0.39 is 11.6 Å². The van der Waals surface area contributed by atoms with Crippen LogP contribution in [0.5, 0.6) is 5.88 Å². The summed E-state index contributed by atoms with van der Waals surface area (Å²) in [7, 11) is 0. The van der Waals surface area contributed by atoms with Gasteiger partial charge in [-0.05, 0) is 82.4 Å². The fraction of sp³-hybridized carbons (Fsp3) is 0.500. The van der Waals surface area contributed by atoms with Crippen molar-refractivity contribution in [2.45, 2.75) is 71.3 Å². The zero-order chi connectivity index (χ0) is 22.3. The quantitative estimate of drug-likeness (QED) is 0.738. The number of carboxylic acid groups (broad SMARTS) is 1. The molecule has 164 valence electrons. The lowest BCUT2D eigenvalue weighted by atomic mass is 9.76. The van der Waals surface area contributed by atoms with Gasteiger partial charge in [-0.3, -0.25) is 4.79 Å². The summed E-state index contributed by atoms with van der Waals surface area (Å²) in [5.41, 5.74) is 10.3. The molecule has 2 heterocycles. The number of benzene rings is 1. The lowest BCUT2D eigenvalue weighted by Crippen LogP contribution is -2.41. The van der Waals surface area contributed by atoms with Crippen molar-refractivity contribution >= 4 is 23.2 Å². The van der Waals surface area contributed by atoms with Gasteiger partial charge in [0.1, 0.15) is 11.4 Å². The summed E-state index contributed by atoms with van der Waals surface area (Å²) < 4.78 is 6.17. The van der Waals surface area contributed by atoms with Gasteiger partial charge >= 0.3 is 5.97 Å². The second kappa shape index (κ2) is 7.94. The van der Waals surface area contributed by atoms with Crippen molar-refractivity contribution < 1.29 is 14.6 Å². The summed E-state index contributed by atoms with van der Waals surface area (Å²) >= 11 is 0. The van der Waals surface area contributed by atoms with E-state index in [4.69, 9.17) is 20.6 Å². The number of nitrogens with zero attached hydrogens (tertiary/aromatic N) is 3. The lowest BCUT2D eigenvalue weighted by molar-refractivity contribution is -0.138. The van der Waals surface area contributed by atoms with E-state index in [2.05, 4.69) is 35.1 Å². The van der Waals surface area contributed by atoms with E-state index in [0.717, 1.165) is 37.0 Å². The second-order valence-corrected chi connectivity index (χ2v) is 9.27. The molecular weight excluding hydrogens is 392 g/mol. The zero-order valence-electron chi connectivity index (χ0n) is 18.6. The molecule has 2 aromatic rings. The molecular formula is C24H30N4O3. The maximum absolute atomic E-state index is 11.0. The monoisotopic (exact) mass is 422 g/mol. The van der Waals surface area contributed by atoms with Crippen LogP contribution in [0, 0.1) is 19.8 Å². The molecule has 7 heteroatoms. The summed E-state index contributed by atoms with van der Waals surface area (Å²) in [6, 6.07) is 6.46. The normalized spacial score (nSPS) is 22.3. The molecule has 4 rings (SSSR count). The van der Waals surface area contributed by atoms with E-state index in [0.29, 0.717) is 35.0 Å². The number of rotatable bonds is 4. The first-order chi connectivity index (χ1) is 14.6. The summed E-state index contributed by atoms with van der Waals surface area (Å²) in [5, 5.41) is 9.04. The highest BCUT2D eigenvalue weighted by atomic mass is 16.5. The van der Waals surface area contributed by atoms with E-state index in [1.54, 1.807) is 6.92 Å². The van der Waals surface area contributed by atoms with Gasteiger partial charge in [0, 0.05) is 12.0 Å². The number of aliphatic imine (C=N–C) groups is 1. The molecule has 1 aromatic carbocycles. The number of aromatic nitrogens is 2. The molecule has 0 amide bonds. The van der Waals surface area contributed by atoms with E-state index in [1.165, 1.54) is 11.1 Å². The van der Waals surface area contributed by atoms with Gasteiger partial charge in [0.2, 0.25) is 5.88 Å². The number of carboxylic acids is 1. The molecule has 1 aliphatic carbocycles. The van der Waals surface area contributed by atoms with Crippen LogP contribution in [-0.4, -0.2) is 32.4 Å². The van der Waals surface area contributed by atoms with Gasteiger partial charge in [-0.2, -0.15) is 4.98 Å². The van der Waals surface area contributed by atoms with Crippen LogP contribution in [0.15, 0.2) is 23.2 Å². The van der Waals surface area contributed by atoms with Crippen LogP contribution in [0.3, 0.4) is 0 Å². The highest BCUT2D eigenvalue weighted by Crippen LogP contribution is 2.41. The lowest BCUT2D eigenvalue weighted by Gasteiger charge is -2.33. The Labute approximate surface area is 182 Å². The van der Waals surface area contributed by atoms with Gasteiger partial charge in [-0.1, -0.05) is 12.1 Å². The summed E-state index contributed by atoms with van der Waals surface area (Å²) in [6.07, 6.45) is 4.30. The highest BCUT2D eigenvalue weighted by molar-refractivity contribution is 6.09. The minimum Gasteiger partial charge on any atom is -0.481 e. The number of hydrogen-bond donors (Lipinski definition) is 2. The maximum Gasteiger partial charge on any atom is 0.303 e. The number of aryl methyl sites for hydroxylation is 2. The topological polar surface area (TPSA) is 111 Å². The second-order valence-electron chi connectivity index (χ2n) is 9.27. The minimum absolute atomic E-state index is 0.285. The highest BCUT2D eigenvalue weighted by Gasteiger charge is 2.36. The molecule has 0 atom stereocenters.